The number of aryl methyl sites for hydroxylation is 2. The molecule has 0 saturated heterocycles. The van der Waals surface area contributed by atoms with Gasteiger partial charge in [0.25, 0.3) is 0 Å². The van der Waals surface area contributed by atoms with Gasteiger partial charge in [-0.05, 0) is 51.2 Å². The van der Waals surface area contributed by atoms with Crippen LogP contribution in [0.15, 0.2) is 18.2 Å². The molecule has 3 heteroatoms. The zero-order chi connectivity index (χ0) is 14.7. The van der Waals surface area contributed by atoms with Crippen LogP contribution in [0.2, 0.25) is 0 Å². The van der Waals surface area contributed by atoms with Crippen molar-refractivity contribution in [3.8, 4) is 0 Å². The number of carbonyl (C=O) groups is 1. The average Bonchev–Trinajstić information content (AvgIpc) is 2.92. The van der Waals surface area contributed by atoms with E-state index in [1.165, 1.54) is 25.7 Å². The molecule has 1 aromatic rings. The first-order valence-corrected chi connectivity index (χ1v) is 8.86. The monoisotopic (exact) mass is 292 g/mol. The van der Waals surface area contributed by atoms with E-state index in [9.17, 15) is 9.00 Å². The van der Waals surface area contributed by atoms with Crippen LogP contribution in [-0.4, -0.2) is 21.0 Å². The molecule has 1 aromatic carbocycles. The summed E-state index contributed by atoms with van der Waals surface area (Å²) in [5.41, 5.74) is 2.79. The van der Waals surface area contributed by atoms with Crippen LogP contribution in [0.1, 0.15) is 54.1 Å². The molecule has 0 spiro atoms. The third-order valence-electron chi connectivity index (χ3n) is 4.30. The van der Waals surface area contributed by atoms with E-state index < -0.39 is 16.0 Å². The highest BCUT2D eigenvalue weighted by molar-refractivity contribution is 7.86. The van der Waals surface area contributed by atoms with E-state index in [0.29, 0.717) is 11.7 Å². The van der Waals surface area contributed by atoms with E-state index in [1.54, 1.807) is 0 Å². The van der Waals surface area contributed by atoms with Gasteiger partial charge in [0, 0.05) is 22.1 Å². The van der Waals surface area contributed by atoms with Crippen LogP contribution in [0.3, 0.4) is 0 Å². The summed E-state index contributed by atoms with van der Waals surface area (Å²) in [5, 5.41) is -0.393. The summed E-state index contributed by atoms with van der Waals surface area (Å²) in [6.07, 6.45) is 4.86. The lowest BCUT2D eigenvalue weighted by atomic mass is 10.0. The smallest absolute Gasteiger partial charge is 0.178 e. The van der Waals surface area contributed by atoms with Crippen molar-refractivity contribution in [3.63, 3.8) is 0 Å². The first-order valence-electron chi connectivity index (χ1n) is 7.47. The molecule has 2 atom stereocenters. The Hall–Kier alpha value is -0.960. The first kappa shape index (κ1) is 15.4. The summed E-state index contributed by atoms with van der Waals surface area (Å²) in [4.78, 5) is 12.5. The summed E-state index contributed by atoms with van der Waals surface area (Å²) in [5.74, 6) is 1.28. The van der Waals surface area contributed by atoms with Crippen LogP contribution < -0.4 is 0 Å². The number of hydrogen-bond acceptors (Lipinski definition) is 2. The van der Waals surface area contributed by atoms with Crippen molar-refractivity contribution >= 4 is 16.6 Å². The molecule has 0 aliphatic heterocycles. The highest BCUT2D eigenvalue weighted by Crippen LogP contribution is 2.26. The molecule has 0 heterocycles. The normalized spacial score (nSPS) is 18.9. The van der Waals surface area contributed by atoms with Gasteiger partial charge in [0.05, 0.1) is 5.25 Å². The Bertz CT molecular complexity index is 516. The van der Waals surface area contributed by atoms with Crippen LogP contribution >= 0.6 is 0 Å². The van der Waals surface area contributed by atoms with Gasteiger partial charge in [-0.25, -0.2) is 0 Å². The second kappa shape index (κ2) is 6.66. The molecule has 110 valence electrons. The average molecular weight is 292 g/mol. The largest absolute Gasteiger partial charge is 0.293 e. The van der Waals surface area contributed by atoms with Crippen molar-refractivity contribution in [1.29, 1.82) is 0 Å². The van der Waals surface area contributed by atoms with Gasteiger partial charge >= 0.3 is 0 Å². The quantitative estimate of drug-likeness (QED) is 0.773. The van der Waals surface area contributed by atoms with Crippen LogP contribution in [0.4, 0.5) is 0 Å². The van der Waals surface area contributed by atoms with Gasteiger partial charge in [0.2, 0.25) is 0 Å². The summed E-state index contributed by atoms with van der Waals surface area (Å²) >= 11 is 0. The summed E-state index contributed by atoms with van der Waals surface area (Å²) < 4.78 is 12.4. The third-order valence-corrected chi connectivity index (χ3v) is 6.10. The van der Waals surface area contributed by atoms with Crippen molar-refractivity contribution in [2.24, 2.45) is 5.92 Å². The van der Waals surface area contributed by atoms with E-state index in [-0.39, 0.29) is 5.78 Å². The minimum absolute atomic E-state index is 0.0301. The van der Waals surface area contributed by atoms with Crippen LogP contribution in [-0.2, 0) is 10.8 Å². The van der Waals surface area contributed by atoms with Crippen LogP contribution in [0.5, 0.6) is 0 Å². The third kappa shape index (κ3) is 3.57. The number of rotatable bonds is 5. The topological polar surface area (TPSA) is 34.1 Å². The van der Waals surface area contributed by atoms with Gasteiger partial charge in [-0.15, -0.1) is 0 Å². The molecule has 2 nitrogen and oxygen atoms in total. The predicted molar refractivity (Wildman–Crippen MR) is 84.7 cm³/mol. The second-order valence-corrected chi connectivity index (χ2v) is 7.82. The Morgan fingerprint density at radius 3 is 2.60 bits per heavy atom. The van der Waals surface area contributed by atoms with Crippen LogP contribution in [0, 0.1) is 19.8 Å². The number of ketones is 1. The van der Waals surface area contributed by atoms with E-state index in [0.717, 1.165) is 16.7 Å². The first-order chi connectivity index (χ1) is 9.49. The zero-order valence-electron chi connectivity index (χ0n) is 12.6. The van der Waals surface area contributed by atoms with Crippen molar-refractivity contribution in [3.05, 3.63) is 34.9 Å². The van der Waals surface area contributed by atoms with Gasteiger partial charge in [0.15, 0.2) is 5.78 Å². The maximum Gasteiger partial charge on any atom is 0.178 e. The predicted octanol–water partition coefficient (Wildman–Crippen LogP) is 3.81. The van der Waals surface area contributed by atoms with Gasteiger partial charge in [0.1, 0.15) is 0 Å². The molecule has 0 N–H and O–H groups in total. The minimum atomic E-state index is -1.05. The Morgan fingerprint density at radius 1 is 1.30 bits per heavy atom. The van der Waals surface area contributed by atoms with Gasteiger partial charge in [-0.1, -0.05) is 30.5 Å². The van der Waals surface area contributed by atoms with E-state index >= 15 is 0 Å². The molecule has 0 radical (unpaired) electrons. The molecule has 0 amide bonds. The highest BCUT2D eigenvalue weighted by atomic mass is 32.2. The molecular weight excluding hydrogens is 268 g/mol. The molecule has 1 aliphatic rings. The summed E-state index contributed by atoms with van der Waals surface area (Å²) in [6.45, 7) is 5.74. The molecule has 20 heavy (non-hydrogen) atoms. The highest BCUT2D eigenvalue weighted by Gasteiger charge is 2.26. The molecular formula is C17H24O2S. The molecule has 1 fully saturated rings. The lowest BCUT2D eigenvalue weighted by Gasteiger charge is -2.15. The summed E-state index contributed by atoms with van der Waals surface area (Å²) in [6, 6.07) is 5.89. The zero-order valence-corrected chi connectivity index (χ0v) is 13.5. The molecule has 1 saturated carbocycles. The summed E-state index contributed by atoms with van der Waals surface area (Å²) in [7, 11) is -1.05. The van der Waals surface area contributed by atoms with Crippen molar-refractivity contribution < 1.29 is 9.00 Å². The fourth-order valence-electron chi connectivity index (χ4n) is 2.89. The van der Waals surface area contributed by atoms with Crippen molar-refractivity contribution in [2.75, 3.05) is 5.75 Å². The second-order valence-electron chi connectivity index (χ2n) is 6.02. The Morgan fingerprint density at radius 2 is 1.95 bits per heavy atom. The van der Waals surface area contributed by atoms with E-state index in [2.05, 4.69) is 0 Å². The number of benzene rings is 1. The van der Waals surface area contributed by atoms with E-state index in [1.807, 2.05) is 39.0 Å². The lowest BCUT2D eigenvalue weighted by Crippen LogP contribution is -2.27. The lowest BCUT2D eigenvalue weighted by molar-refractivity contribution is 0.0992. The van der Waals surface area contributed by atoms with Crippen LogP contribution in [0.25, 0.3) is 0 Å². The fourth-order valence-corrected chi connectivity index (χ4v) is 4.35. The molecule has 0 aromatic heterocycles. The Labute approximate surface area is 124 Å². The molecule has 1 aliphatic carbocycles. The SMILES string of the molecule is Cc1ccc(C)c(C(=O)C(C)S(=O)CC2CCCC2)c1. The molecule has 2 rings (SSSR count). The van der Waals surface area contributed by atoms with Gasteiger partial charge in [-0.2, -0.15) is 0 Å². The van der Waals surface area contributed by atoms with E-state index in [4.69, 9.17) is 0 Å². The molecule has 0 bridgehead atoms. The van der Waals surface area contributed by atoms with Crippen molar-refractivity contribution in [1.82, 2.24) is 0 Å². The minimum Gasteiger partial charge on any atom is -0.293 e. The Balaban J connectivity index is 2.07. The standard InChI is InChI=1S/C17H24O2S/c1-12-8-9-13(2)16(10-12)17(18)14(3)20(19)11-15-6-4-5-7-15/h8-10,14-15H,4-7,11H2,1-3H3. The number of carbonyl (C=O) groups excluding carboxylic acids is 1. The number of hydrogen-bond donors (Lipinski definition) is 0. The Kier molecular flexibility index (Phi) is 5.14. The van der Waals surface area contributed by atoms with Gasteiger partial charge < -0.3 is 0 Å². The van der Waals surface area contributed by atoms with Crippen molar-refractivity contribution in [2.45, 2.75) is 51.7 Å². The number of Topliss-reactive ketones (excluding diaryl/α,β-unsaturated/α-hetero) is 1. The fraction of sp³-hybridized carbons (Fsp3) is 0.588. The maximum atomic E-state index is 12.5. The maximum absolute atomic E-state index is 12.5. The van der Waals surface area contributed by atoms with Gasteiger partial charge in [-0.3, -0.25) is 9.00 Å². The molecule has 2 unspecified atom stereocenters.